The Balaban J connectivity index is 2.94. The summed E-state index contributed by atoms with van der Waals surface area (Å²) in [6, 6.07) is 6.45. The fraction of sp³-hybridized carbons (Fsp3) is 0.200. The number of carbonyl (C=O) groups is 1. The van der Waals surface area contributed by atoms with Crippen LogP contribution in [0.15, 0.2) is 18.2 Å². The number of aldehydes is 1. The van der Waals surface area contributed by atoms with Crippen LogP contribution in [0.3, 0.4) is 0 Å². The Morgan fingerprint density at radius 3 is 2.93 bits per heavy atom. The van der Waals surface area contributed by atoms with Gasteiger partial charge in [0.25, 0.3) is 0 Å². The Morgan fingerprint density at radius 1 is 1.57 bits per heavy atom. The molecular formula is C10H9NO3. The molecule has 0 fully saturated rings. The molecule has 0 saturated carbocycles. The molecule has 0 radical (unpaired) electrons. The third kappa shape index (κ3) is 2.31. The van der Waals surface area contributed by atoms with E-state index in [1.807, 2.05) is 6.07 Å². The Labute approximate surface area is 81.4 Å². The normalized spacial score (nSPS) is 9.14. The zero-order valence-corrected chi connectivity index (χ0v) is 7.43. The molecule has 72 valence electrons. The van der Waals surface area contributed by atoms with Crippen molar-refractivity contribution in [2.24, 2.45) is 0 Å². The first-order valence-corrected chi connectivity index (χ1v) is 4.05. The monoisotopic (exact) mass is 191 g/mol. The number of ether oxygens (including phenoxy) is 1. The molecule has 0 spiro atoms. The molecule has 1 aromatic carbocycles. The van der Waals surface area contributed by atoms with Gasteiger partial charge in [0.1, 0.15) is 24.7 Å². The average molecular weight is 191 g/mol. The predicted molar refractivity (Wildman–Crippen MR) is 49.1 cm³/mol. The lowest BCUT2D eigenvalue weighted by atomic mass is 10.1. The first-order valence-electron chi connectivity index (χ1n) is 4.05. The van der Waals surface area contributed by atoms with Gasteiger partial charge in [0.05, 0.1) is 12.2 Å². The number of aliphatic hydroxyl groups is 1. The molecule has 0 bridgehead atoms. The second kappa shape index (κ2) is 5.00. The molecule has 0 unspecified atom stereocenters. The molecule has 14 heavy (non-hydrogen) atoms. The van der Waals surface area contributed by atoms with Crippen LogP contribution in [0.25, 0.3) is 0 Å². The highest BCUT2D eigenvalue weighted by molar-refractivity contribution is 5.76. The van der Waals surface area contributed by atoms with Gasteiger partial charge >= 0.3 is 0 Å². The van der Waals surface area contributed by atoms with Gasteiger partial charge in [-0.3, -0.25) is 4.79 Å². The number of carbonyl (C=O) groups excluding carboxylic acids is 1. The molecule has 1 N–H and O–H groups in total. The van der Waals surface area contributed by atoms with Gasteiger partial charge in [-0.2, -0.15) is 5.26 Å². The number of hydrogen-bond acceptors (Lipinski definition) is 4. The molecule has 4 nitrogen and oxygen atoms in total. The van der Waals surface area contributed by atoms with Gasteiger partial charge in [0.15, 0.2) is 0 Å². The van der Waals surface area contributed by atoms with Crippen LogP contribution in [0.4, 0.5) is 0 Å². The number of benzene rings is 1. The molecule has 0 heterocycles. The van der Waals surface area contributed by atoms with Crippen molar-refractivity contribution in [2.75, 3.05) is 13.2 Å². The highest BCUT2D eigenvalue weighted by atomic mass is 16.5. The summed E-state index contributed by atoms with van der Waals surface area (Å²) in [5.41, 5.74) is 0.723. The van der Waals surface area contributed by atoms with Crippen molar-refractivity contribution in [1.29, 1.82) is 5.26 Å². The van der Waals surface area contributed by atoms with E-state index in [9.17, 15) is 4.79 Å². The number of rotatable bonds is 4. The van der Waals surface area contributed by atoms with E-state index >= 15 is 0 Å². The maximum absolute atomic E-state index is 10.4. The van der Waals surface area contributed by atoms with Gasteiger partial charge in [-0.1, -0.05) is 0 Å². The fourth-order valence-electron chi connectivity index (χ4n) is 0.990. The van der Waals surface area contributed by atoms with E-state index in [4.69, 9.17) is 15.1 Å². The van der Waals surface area contributed by atoms with E-state index in [1.54, 1.807) is 6.07 Å². The summed E-state index contributed by atoms with van der Waals surface area (Å²) in [7, 11) is 0. The molecule has 0 atom stereocenters. The summed E-state index contributed by atoms with van der Waals surface area (Å²) in [6.45, 7) is 0.0232. The minimum Gasteiger partial charge on any atom is -0.490 e. The predicted octanol–water partition coefficient (Wildman–Crippen LogP) is 0.742. The molecule has 0 amide bonds. The first kappa shape index (κ1) is 10.2. The lowest BCUT2D eigenvalue weighted by molar-refractivity contribution is 0.112. The van der Waals surface area contributed by atoms with Crippen molar-refractivity contribution in [1.82, 2.24) is 0 Å². The van der Waals surface area contributed by atoms with Crippen LogP contribution in [-0.2, 0) is 0 Å². The van der Waals surface area contributed by atoms with Gasteiger partial charge in [-0.25, -0.2) is 0 Å². The van der Waals surface area contributed by atoms with Crippen LogP contribution in [0.5, 0.6) is 5.75 Å². The van der Waals surface area contributed by atoms with Crippen LogP contribution in [0, 0.1) is 11.3 Å². The number of nitrogens with zero attached hydrogens (tertiary/aromatic N) is 1. The molecule has 0 aromatic heterocycles. The Hall–Kier alpha value is -1.86. The topological polar surface area (TPSA) is 70.3 Å². The molecule has 0 aliphatic carbocycles. The quantitative estimate of drug-likeness (QED) is 0.712. The van der Waals surface area contributed by atoms with Crippen LogP contribution < -0.4 is 4.74 Å². The summed E-state index contributed by atoms with van der Waals surface area (Å²) >= 11 is 0. The lowest BCUT2D eigenvalue weighted by Gasteiger charge is -2.05. The van der Waals surface area contributed by atoms with E-state index in [2.05, 4.69) is 0 Å². The minimum atomic E-state index is -0.111. The van der Waals surface area contributed by atoms with Crippen LogP contribution in [0.1, 0.15) is 15.9 Å². The van der Waals surface area contributed by atoms with Gasteiger partial charge in [-0.15, -0.1) is 0 Å². The van der Waals surface area contributed by atoms with Crippen molar-refractivity contribution >= 4 is 6.29 Å². The van der Waals surface area contributed by atoms with Crippen LogP contribution in [-0.4, -0.2) is 24.6 Å². The average Bonchev–Trinajstić information content (AvgIpc) is 2.26. The second-order valence-electron chi connectivity index (χ2n) is 2.56. The van der Waals surface area contributed by atoms with Gasteiger partial charge in [0.2, 0.25) is 0 Å². The Kier molecular flexibility index (Phi) is 3.65. The fourth-order valence-corrected chi connectivity index (χ4v) is 0.990. The zero-order chi connectivity index (χ0) is 10.4. The molecule has 1 rings (SSSR count). The standard InChI is InChI=1S/C10H9NO3/c11-6-9-5-8(7-13)1-2-10(9)14-4-3-12/h1-2,5,7,12H,3-4H2. The van der Waals surface area contributed by atoms with Gasteiger partial charge in [0, 0.05) is 5.56 Å². The van der Waals surface area contributed by atoms with Crippen LogP contribution in [0.2, 0.25) is 0 Å². The van der Waals surface area contributed by atoms with Crippen molar-refractivity contribution in [3.05, 3.63) is 29.3 Å². The Bertz CT molecular complexity index is 368. The van der Waals surface area contributed by atoms with E-state index < -0.39 is 0 Å². The lowest BCUT2D eigenvalue weighted by Crippen LogP contribution is -2.03. The van der Waals surface area contributed by atoms with E-state index in [-0.39, 0.29) is 13.2 Å². The smallest absolute Gasteiger partial charge is 0.150 e. The summed E-state index contributed by atoms with van der Waals surface area (Å²) in [6.07, 6.45) is 0.663. The van der Waals surface area contributed by atoms with Crippen molar-refractivity contribution in [3.63, 3.8) is 0 Å². The number of nitriles is 1. The summed E-state index contributed by atoms with van der Waals surface area (Å²) < 4.78 is 5.09. The number of aliphatic hydroxyl groups excluding tert-OH is 1. The van der Waals surface area contributed by atoms with E-state index in [0.717, 1.165) is 0 Å². The molecule has 0 saturated heterocycles. The summed E-state index contributed by atoms with van der Waals surface area (Å²) in [4.78, 5) is 10.4. The van der Waals surface area contributed by atoms with E-state index in [0.29, 0.717) is 23.2 Å². The maximum Gasteiger partial charge on any atom is 0.150 e. The van der Waals surface area contributed by atoms with Crippen molar-refractivity contribution in [2.45, 2.75) is 0 Å². The third-order valence-corrected chi connectivity index (χ3v) is 1.61. The SMILES string of the molecule is N#Cc1cc(C=O)ccc1OCCO. The zero-order valence-electron chi connectivity index (χ0n) is 7.43. The highest BCUT2D eigenvalue weighted by Gasteiger charge is 2.03. The number of hydrogen-bond donors (Lipinski definition) is 1. The summed E-state index contributed by atoms with van der Waals surface area (Å²) in [5.74, 6) is 0.382. The van der Waals surface area contributed by atoms with Gasteiger partial charge in [-0.05, 0) is 18.2 Å². The molecule has 0 aliphatic heterocycles. The van der Waals surface area contributed by atoms with Gasteiger partial charge < -0.3 is 9.84 Å². The summed E-state index contributed by atoms with van der Waals surface area (Å²) in [5, 5.41) is 17.3. The van der Waals surface area contributed by atoms with Crippen LogP contribution >= 0.6 is 0 Å². The minimum absolute atomic E-state index is 0.111. The molecule has 1 aromatic rings. The maximum atomic E-state index is 10.4. The van der Waals surface area contributed by atoms with E-state index in [1.165, 1.54) is 12.1 Å². The molecule has 0 aliphatic rings. The van der Waals surface area contributed by atoms with Crippen molar-refractivity contribution < 1.29 is 14.6 Å². The first-order chi connectivity index (χ1) is 6.81. The Morgan fingerprint density at radius 2 is 2.36 bits per heavy atom. The highest BCUT2D eigenvalue weighted by Crippen LogP contribution is 2.18. The molecule has 4 heteroatoms. The van der Waals surface area contributed by atoms with Crippen molar-refractivity contribution in [3.8, 4) is 11.8 Å². The third-order valence-electron chi connectivity index (χ3n) is 1.61. The largest absolute Gasteiger partial charge is 0.490 e. The molecular weight excluding hydrogens is 182 g/mol. The second-order valence-corrected chi connectivity index (χ2v) is 2.56.